The second kappa shape index (κ2) is 5.63. The van der Waals surface area contributed by atoms with Gasteiger partial charge in [0.2, 0.25) is 0 Å². The first-order valence-corrected chi connectivity index (χ1v) is 7.02. The van der Waals surface area contributed by atoms with Crippen molar-refractivity contribution in [3.8, 4) is 0 Å². The van der Waals surface area contributed by atoms with E-state index in [1.165, 1.54) is 0 Å². The van der Waals surface area contributed by atoms with E-state index < -0.39 is 5.72 Å². The molecule has 1 N–H and O–H groups in total. The van der Waals surface area contributed by atoms with Crippen LogP contribution in [-0.2, 0) is 5.72 Å². The van der Waals surface area contributed by atoms with Gasteiger partial charge in [-0.15, -0.1) is 17.0 Å². The van der Waals surface area contributed by atoms with E-state index in [0.29, 0.717) is 5.75 Å². The van der Waals surface area contributed by atoms with Crippen LogP contribution in [0.15, 0.2) is 35.3 Å². The number of nitrogens with zero attached hydrogens (tertiary/aromatic N) is 2. The zero-order valence-corrected chi connectivity index (χ0v) is 12.6. The first kappa shape index (κ1) is 13.9. The maximum atomic E-state index is 10.9. The van der Waals surface area contributed by atoms with Crippen LogP contribution in [-0.4, -0.2) is 34.0 Å². The summed E-state index contributed by atoms with van der Waals surface area (Å²) >= 11 is 1.67. The van der Waals surface area contributed by atoms with Gasteiger partial charge < -0.3 is 10.0 Å². The minimum atomic E-state index is -0.866. The van der Waals surface area contributed by atoms with E-state index in [4.69, 9.17) is 0 Å². The lowest BCUT2D eigenvalue weighted by Crippen LogP contribution is -2.45. The molecule has 2 aliphatic rings. The van der Waals surface area contributed by atoms with E-state index in [1.807, 2.05) is 30.3 Å². The minimum absolute atomic E-state index is 0. The Hall–Kier alpha value is -0.520. The van der Waals surface area contributed by atoms with Crippen LogP contribution in [0.1, 0.15) is 18.4 Å². The van der Waals surface area contributed by atoms with Crippen LogP contribution < -0.4 is 0 Å². The van der Waals surface area contributed by atoms with Gasteiger partial charge in [-0.3, -0.25) is 4.99 Å². The van der Waals surface area contributed by atoms with Crippen molar-refractivity contribution in [2.75, 3.05) is 18.8 Å². The van der Waals surface area contributed by atoms with Crippen molar-refractivity contribution < 1.29 is 5.11 Å². The molecular weight excluding hydrogens is 312 g/mol. The minimum Gasteiger partial charge on any atom is -0.366 e. The van der Waals surface area contributed by atoms with Gasteiger partial charge >= 0.3 is 0 Å². The van der Waals surface area contributed by atoms with Gasteiger partial charge in [-0.25, -0.2) is 0 Å². The fourth-order valence-corrected chi connectivity index (χ4v) is 3.63. The second-order valence-electron chi connectivity index (χ2n) is 4.49. The van der Waals surface area contributed by atoms with Crippen molar-refractivity contribution in [2.45, 2.75) is 18.6 Å². The molecule has 0 radical (unpaired) electrons. The normalized spacial score (nSPS) is 26.9. The lowest BCUT2D eigenvalue weighted by Gasteiger charge is -2.34. The third-order valence-electron chi connectivity index (χ3n) is 3.35. The molecule has 0 amide bonds. The Morgan fingerprint density at radius 2 is 2.00 bits per heavy atom. The highest BCUT2D eigenvalue weighted by molar-refractivity contribution is 8.93. The van der Waals surface area contributed by atoms with Crippen LogP contribution in [0.2, 0.25) is 0 Å². The van der Waals surface area contributed by atoms with Gasteiger partial charge in [0.1, 0.15) is 0 Å². The highest BCUT2D eigenvalue weighted by Gasteiger charge is 2.44. The van der Waals surface area contributed by atoms with Gasteiger partial charge in [0.25, 0.3) is 0 Å². The molecule has 2 aliphatic heterocycles. The van der Waals surface area contributed by atoms with Gasteiger partial charge in [0.15, 0.2) is 10.9 Å². The largest absolute Gasteiger partial charge is 0.366 e. The summed E-state index contributed by atoms with van der Waals surface area (Å²) in [5.41, 5.74) is 0.106. The van der Waals surface area contributed by atoms with E-state index in [-0.39, 0.29) is 17.0 Å². The summed E-state index contributed by atoms with van der Waals surface area (Å²) in [5.74, 6) is 0.676. The van der Waals surface area contributed by atoms with E-state index >= 15 is 0 Å². The third-order valence-corrected chi connectivity index (χ3v) is 4.51. The number of benzene rings is 1. The molecule has 3 rings (SSSR count). The summed E-state index contributed by atoms with van der Waals surface area (Å²) in [6.07, 6.45) is 2.22. The van der Waals surface area contributed by atoms with Crippen molar-refractivity contribution in [2.24, 2.45) is 4.99 Å². The first-order valence-electron chi connectivity index (χ1n) is 6.03. The third kappa shape index (κ3) is 2.31. The molecule has 1 atom stereocenters. The molecular formula is C13H17BrN2OS. The smallest absolute Gasteiger partial charge is 0.175 e. The van der Waals surface area contributed by atoms with Crippen molar-refractivity contribution in [3.05, 3.63) is 35.9 Å². The van der Waals surface area contributed by atoms with Gasteiger partial charge in [-0.05, 0) is 12.8 Å². The molecule has 0 aromatic heterocycles. The Morgan fingerprint density at radius 1 is 1.22 bits per heavy atom. The van der Waals surface area contributed by atoms with Crippen molar-refractivity contribution in [1.82, 2.24) is 4.90 Å². The summed E-state index contributed by atoms with van der Waals surface area (Å²) in [5, 5.41) is 11.9. The van der Waals surface area contributed by atoms with Crippen LogP contribution in [0.3, 0.4) is 0 Å². The number of thioether (sulfide) groups is 1. The number of hydrogen-bond acceptors (Lipinski definition) is 4. The topological polar surface area (TPSA) is 35.8 Å². The predicted octanol–water partition coefficient (Wildman–Crippen LogP) is 2.61. The number of hydrogen-bond donors (Lipinski definition) is 1. The lowest BCUT2D eigenvalue weighted by atomic mass is 10.0. The monoisotopic (exact) mass is 328 g/mol. The average molecular weight is 329 g/mol. The molecule has 98 valence electrons. The Balaban J connectivity index is 0.00000120. The van der Waals surface area contributed by atoms with Crippen molar-refractivity contribution in [1.29, 1.82) is 0 Å². The highest BCUT2D eigenvalue weighted by Crippen LogP contribution is 2.39. The fraction of sp³-hybridized carbons (Fsp3) is 0.462. The fourth-order valence-electron chi connectivity index (χ4n) is 2.39. The summed E-state index contributed by atoms with van der Waals surface area (Å²) in [6.45, 7) is 1.79. The molecule has 2 heterocycles. The summed E-state index contributed by atoms with van der Waals surface area (Å²) in [6, 6.07) is 9.92. The molecule has 3 nitrogen and oxygen atoms in total. The van der Waals surface area contributed by atoms with Crippen LogP contribution in [0.25, 0.3) is 0 Å². The molecule has 1 saturated heterocycles. The zero-order valence-electron chi connectivity index (χ0n) is 10.1. The molecule has 0 spiro atoms. The van der Waals surface area contributed by atoms with Gasteiger partial charge in [-0.2, -0.15) is 0 Å². The SMILES string of the molecule is Br.OC1(c2ccccc2)CSC2=NCCCCN21. The van der Waals surface area contributed by atoms with Crippen molar-refractivity contribution >= 4 is 33.9 Å². The second-order valence-corrected chi connectivity index (χ2v) is 5.44. The average Bonchev–Trinajstić information content (AvgIpc) is 2.57. The Labute approximate surface area is 122 Å². The molecule has 5 heteroatoms. The van der Waals surface area contributed by atoms with Crippen LogP contribution in [0.4, 0.5) is 0 Å². The molecule has 0 aliphatic carbocycles. The molecule has 1 aromatic rings. The molecule has 1 unspecified atom stereocenters. The zero-order chi connectivity index (χ0) is 11.7. The molecule has 0 saturated carbocycles. The van der Waals surface area contributed by atoms with Crippen molar-refractivity contribution in [3.63, 3.8) is 0 Å². The Morgan fingerprint density at radius 3 is 2.78 bits per heavy atom. The van der Waals surface area contributed by atoms with Crippen LogP contribution >= 0.6 is 28.7 Å². The summed E-state index contributed by atoms with van der Waals surface area (Å²) < 4.78 is 0. The number of aliphatic imine (C=N–C) groups is 1. The number of amidine groups is 1. The van der Waals surface area contributed by atoms with E-state index in [9.17, 15) is 5.11 Å². The Kier molecular flexibility index (Phi) is 4.35. The number of aliphatic hydroxyl groups is 1. The van der Waals surface area contributed by atoms with Gasteiger partial charge in [0.05, 0.1) is 5.75 Å². The van der Waals surface area contributed by atoms with Gasteiger partial charge in [0, 0.05) is 18.7 Å². The maximum Gasteiger partial charge on any atom is 0.175 e. The lowest BCUT2D eigenvalue weighted by molar-refractivity contribution is -0.0474. The summed E-state index contributed by atoms with van der Waals surface area (Å²) in [4.78, 5) is 6.62. The Bertz CT molecular complexity index is 440. The van der Waals surface area contributed by atoms with Gasteiger partial charge in [-0.1, -0.05) is 42.1 Å². The summed E-state index contributed by atoms with van der Waals surface area (Å²) in [7, 11) is 0. The van der Waals surface area contributed by atoms with E-state index in [2.05, 4.69) is 9.89 Å². The number of fused-ring (bicyclic) bond motifs is 1. The predicted molar refractivity (Wildman–Crippen MR) is 81.4 cm³/mol. The standard InChI is InChI=1S/C13H16N2OS.BrH/c16-13(11-6-2-1-3-7-11)10-17-12-14-8-4-5-9-15(12)13;/h1-3,6-7,16H,4-5,8-10H2;1H. The number of halogens is 1. The quantitative estimate of drug-likeness (QED) is 0.860. The van der Waals surface area contributed by atoms with E-state index in [0.717, 1.165) is 36.7 Å². The van der Waals surface area contributed by atoms with Crippen LogP contribution in [0.5, 0.6) is 0 Å². The molecule has 1 aromatic carbocycles. The molecule has 18 heavy (non-hydrogen) atoms. The number of rotatable bonds is 1. The van der Waals surface area contributed by atoms with Crippen LogP contribution in [0, 0.1) is 0 Å². The highest BCUT2D eigenvalue weighted by atomic mass is 79.9. The maximum absolute atomic E-state index is 10.9. The van der Waals surface area contributed by atoms with E-state index in [1.54, 1.807) is 11.8 Å². The first-order chi connectivity index (χ1) is 8.31. The molecule has 1 fully saturated rings. The molecule has 0 bridgehead atoms.